The van der Waals surface area contributed by atoms with Crippen molar-refractivity contribution >= 4 is 5.91 Å². The Morgan fingerprint density at radius 3 is 2.52 bits per heavy atom. The summed E-state index contributed by atoms with van der Waals surface area (Å²) in [6.45, 7) is 4.33. The average molecular weight is 314 g/mol. The highest BCUT2D eigenvalue weighted by atomic mass is 19.1. The van der Waals surface area contributed by atoms with Gasteiger partial charge in [0, 0.05) is 12.0 Å². The summed E-state index contributed by atoms with van der Waals surface area (Å²) in [7, 11) is 0. The van der Waals surface area contributed by atoms with Crippen molar-refractivity contribution in [3.05, 3.63) is 71.5 Å². The Labute approximate surface area is 136 Å². The standard InChI is InChI=1S/C19H23FN2O/c1-19(2,15-9-6-10-16(20)12-15)13-22-18(23)17(21)11-14-7-4-3-5-8-14/h3-10,12,17H,11,13,21H2,1-2H3,(H,22,23)/t17-/m0/s1. The van der Waals surface area contributed by atoms with Gasteiger partial charge in [-0.2, -0.15) is 0 Å². The number of benzene rings is 2. The van der Waals surface area contributed by atoms with Gasteiger partial charge in [-0.05, 0) is 29.7 Å². The lowest BCUT2D eigenvalue weighted by Crippen LogP contribution is -2.46. The maximum Gasteiger partial charge on any atom is 0.237 e. The summed E-state index contributed by atoms with van der Waals surface area (Å²) >= 11 is 0. The predicted octanol–water partition coefficient (Wildman–Crippen LogP) is 2.79. The number of amides is 1. The van der Waals surface area contributed by atoms with E-state index >= 15 is 0 Å². The Bertz CT molecular complexity index is 655. The van der Waals surface area contributed by atoms with Crippen LogP contribution in [0.15, 0.2) is 54.6 Å². The van der Waals surface area contributed by atoms with Crippen LogP contribution in [0.25, 0.3) is 0 Å². The SMILES string of the molecule is CC(C)(CNC(=O)[C@@H](N)Cc1ccccc1)c1cccc(F)c1. The van der Waals surface area contributed by atoms with Crippen LogP contribution in [-0.2, 0) is 16.6 Å². The quantitative estimate of drug-likeness (QED) is 0.861. The average Bonchev–Trinajstić information content (AvgIpc) is 2.53. The fraction of sp³-hybridized carbons (Fsp3) is 0.316. The largest absolute Gasteiger partial charge is 0.354 e. The van der Waals surface area contributed by atoms with E-state index in [2.05, 4.69) is 5.32 Å². The van der Waals surface area contributed by atoms with Crippen molar-refractivity contribution in [3.8, 4) is 0 Å². The molecule has 2 aromatic rings. The van der Waals surface area contributed by atoms with Crippen molar-refractivity contribution in [3.63, 3.8) is 0 Å². The predicted molar refractivity (Wildman–Crippen MR) is 90.6 cm³/mol. The molecule has 2 rings (SSSR count). The molecule has 0 aliphatic carbocycles. The van der Waals surface area contributed by atoms with Crippen molar-refractivity contribution in [1.82, 2.24) is 5.32 Å². The van der Waals surface area contributed by atoms with Crippen molar-refractivity contribution in [1.29, 1.82) is 0 Å². The molecule has 0 aromatic heterocycles. The lowest BCUT2D eigenvalue weighted by atomic mass is 9.84. The minimum atomic E-state index is -0.597. The topological polar surface area (TPSA) is 55.1 Å². The maximum atomic E-state index is 13.4. The molecule has 0 radical (unpaired) electrons. The second-order valence-electron chi connectivity index (χ2n) is 6.41. The van der Waals surface area contributed by atoms with Gasteiger partial charge in [0.15, 0.2) is 0 Å². The van der Waals surface area contributed by atoms with E-state index in [0.29, 0.717) is 13.0 Å². The van der Waals surface area contributed by atoms with Gasteiger partial charge in [0.2, 0.25) is 5.91 Å². The molecule has 1 atom stereocenters. The summed E-state index contributed by atoms with van der Waals surface area (Å²) in [5, 5.41) is 2.87. The molecule has 0 bridgehead atoms. The van der Waals surface area contributed by atoms with E-state index in [0.717, 1.165) is 11.1 Å². The molecular weight excluding hydrogens is 291 g/mol. The minimum absolute atomic E-state index is 0.196. The lowest BCUT2D eigenvalue weighted by molar-refractivity contribution is -0.122. The van der Waals surface area contributed by atoms with Gasteiger partial charge in [0.1, 0.15) is 5.82 Å². The second kappa shape index (κ2) is 7.38. The van der Waals surface area contributed by atoms with Crippen molar-refractivity contribution in [2.24, 2.45) is 5.73 Å². The van der Waals surface area contributed by atoms with Gasteiger partial charge in [0.05, 0.1) is 6.04 Å². The third-order valence-electron chi connectivity index (χ3n) is 3.95. The van der Waals surface area contributed by atoms with E-state index in [9.17, 15) is 9.18 Å². The fourth-order valence-corrected chi connectivity index (χ4v) is 2.41. The van der Waals surface area contributed by atoms with E-state index in [1.165, 1.54) is 12.1 Å². The smallest absolute Gasteiger partial charge is 0.237 e. The first kappa shape index (κ1) is 17.2. The number of nitrogens with two attached hydrogens (primary N) is 1. The highest BCUT2D eigenvalue weighted by Crippen LogP contribution is 2.22. The third kappa shape index (κ3) is 4.89. The molecule has 2 aromatic carbocycles. The van der Waals surface area contributed by atoms with Gasteiger partial charge in [-0.15, -0.1) is 0 Å². The van der Waals surface area contributed by atoms with E-state index in [1.54, 1.807) is 6.07 Å². The first-order valence-corrected chi connectivity index (χ1v) is 7.72. The molecule has 23 heavy (non-hydrogen) atoms. The zero-order valence-corrected chi connectivity index (χ0v) is 13.6. The van der Waals surface area contributed by atoms with E-state index < -0.39 is 6.04 Å². The van der Waals surface area contributed by atoms with Crippen LogP contribution in [0, 0.1) is 5.82 Å². The first-order valence-electron chi connectivity index (χ1n) is 7.72. The number of nitrogens with one attached hydrogen (secondary N) is 1. The molecule has 3 N–H and O–H groups in total. The summed E-state index contributed by atoms with van der Waals surface area (Å²) in [4.78, 5) is 12.2. The molecule has 0 aliphatic rings. The number of hydrogen-bond donors (Lipinski definition) is 2. The summed E-state index contributed by atoms with van der Waals surface area (Å²) in [6, 6.07) is 15.5. The summed E-state index contributed by atoms with van der Waals surface area (Å²) in [5.74, 6) is -0.471. The zero-order valence-electron chi connectivity index (χ0n) is 13.6. The molecule has 0 heterocycles. The third-order valence-corrected chi connectivity index (χ3v) is 3.95. The summed E-state index contributed by atoms with van der Waals surface area (Å²) in [6.07, 6.45) is 0.493. The van der Waals surface area contributed by atoms with Crippen LogP contribution in [0.5, 0.6) is 0 Å². The van der Waals surface area contributed by atoms with E-state index in [1.807, 2.05) is 50.2 Å². The van der Waals surface area contributed by atoms with Crippen LogP contribution < -0.4 is 11.1 Å². The molecular formula is C19H23FN2O. The molecule has 122 valence electrons. The molecule has 0 saturated carbocycles. The highest BCUT2D eigenvalue weighted by molar-refractivity contribution is 5.81. The van der Waals surface area contributed by atoms with Gasteiger partial charge in [-0.25, -0.2) is 4.39 Å². The maximum absolute atomic E-state index is 13.4. The Morgan fingerprint density at radius 2 is 1.87 bits per heavy atom. The van der Waals surface area contributed by atoms with E-state index in [-0.39, 0.29) is 17.1 Å². The van der Waals surface area contributed by atoms with Crippen LogP contribution in [0.1, 0.15) is 25.0 Å². The molecule has 1 amide bonds. The Morgan fingerprint density at radius 1 is 1.17 bits per heavy atom. The van der Waals surface area contributed by atoms with Crippen molar-refractivity contribution in [2.75, 3.05) is 6.54 Å². The molecule has 0 aliphatic heterocycles. The number of carbonyl (C=O) groups is 1. The lowest BCUT2D eigenvalue weighted by Gasteiger charge is -2.26. The van der Waals surface area contributed by atoms with Gasteiger partial charge in [-0.3, -0.25) is 4.79 Å². The summed E-state index contributed by atoms with van der Waals surface area (Å²) < 4.78 is 13.4. The number of rotatable bonds is 6. The second-order valence-corrected chi connectivity index (χ2v) is 6.41. The van der Waals surface area contributed by atoms with Gasteiger partial charge < -0.3 is 11.1 Å². The van der Waals surface area contributed by atoms with Crippen LogP contribution in [0.3, 0.4) is 0 Å². The van der Waals surface area contributed by atoms with Crippen LogP contribution in [0.2, 0.25) is 0 Å². The minimum Gasteiger partial charge on any atom is -0.354 e. The van der Waals surface area contributed by atoms with Crippen LogP contribution >= 0.6 is 0 Å². The van der Waals surface area contributed by atoms with Crippen LogP contribution in [0.4, 0.5) is 4.39 Å². The van der Waals surface area contributed by atoms with E-state index in [4.69, 9.17) is 5.73 Å². The molecule has 0 saturated heterocycles. The monoisotopic (exact) mass is 314 g/mol. The van der Waals surface area contributed by atoms with Crippen LogP contribution in [-0.4, -0.2) is 18.5 Å². The van der Waals surface area contributed by atoms with Gasteiger partial charge in [0.25, 0.3) is 0 Å². The number of hydrogen-bond acceptors (Lipinski definition) is 2. The molecule has 0 spiro atoms. The Kier molecular flexibility index (Phi) is 5.50. The molecule has 3 nitrogen and oxygen atoms in total. The summed E-state index contributed by atoms with van der Waals surface area (Å²) in [5.41, 5.74) is 7.47. The zero-order chi connectivity index (χ0) is 16.9. The Balaban J connectivity index is 1.92. The number of carbonyl (C=O) groups excluding carboxylic acids is 1. The molecule has 4 heteroatoms. The number of halogens is 1. The molecule has 0 unspecified atom stereocenters. The first-order chi connectivity index (χ1) is 10.9. The molecule has 0 fully saturated rings. The van der Waals surface area contributed by atoms with Gasteiger partial charge >= 0.3 is 0 Å². The van der Waals surface area contributed by atoms with Gasteiger partial charge in [-0.1, -0.05) is 56.3 Å². The normalized spacial score (nSPS) is 12.7. The Hall–Kier alpha value is -2.20. The van der Waals surface area contributed by atoms with Crippen molar-refractivity contribution < 1.29 is 9.18 Å². The van der Waals surface area contributed by atoms with Crippen molar-refractivity contribution in [2.45, 2.75) is 31.7 Å². The fourth-order valence-electron chi connectivity index (χ4n) is 2.41. The highest BCUT2D eigenvalue weighted by Gasteiger charge is 2.23.